The summed E-state index contributed by atoms with van der Waals surface area (Å²) in [5.41, 5.74) is 1.21. The van der Waals surface area contributed by atoms with Crippen LogP contribution in [0.5, 0.6) is 0 Å². The van der Waals surface area contributed by atoms with Crippen molar-refractivity contribution in [3.8, 4) is 11.4 Å². The molecule has 3 aromatic heterocycles. The number of nitrogens with zero attached hydrogens (tertiary/aromatic N) is 3. The number of carbonyl (C=O) groups excluding carboxylic acids is 2. The number of esters is 1. The zero-order valence-electron chi connectivity index (χ0n) is 16.9. The number of nitrogens with one attached hydrogen (secondary N) is 1. The van der Waals surface area contributed by atoms with Gasteiger partial charge in [0.2, 0.25) is 5.91 Å². The van der Waals surface area contributed by atoms with Crippen LogP contribution in [-0.2, 0) is 16.1 Å². The molecule has 158 valence electrons. The number of aromatic nitrogens is 3. The zero-order valence-corrected chi connectivity index (χ0v) is 18.6. The third-order valence-electron chi connectivity index (χ3n) is 4.06. The summed E-state index contributed by atoms with van der Waals surface area (Å²) in [4.78, 5) is 25.5. The molecule has 0 aliphatic carbocycles. The number of carbonyl (C=O) groups is 2. The van der Waals surface area contributed by atoms with Gasteiger partial charge in [-0.25, -0.2) is 4.79 Å². The van der Waals surface area contributed by atoms with E-state index in [1.54, 1.807) is 25.3 Å². The summed E-state index contributed by atoms with van der Waals surface area (Å²) in [5.74, 6) is 0.806. The van der Waals surface area contributed by atoms with E-state index >= 15 is 0 Å². The van der Waals surface area contributed by atoms with Gasteiger partial charge in [-0.2, -0.15) is 0 Å². The minimum Gasteiger partial charge on any atom is -0.469 e. The Morgan fingerprint density at radius 2 is 2.20 bits per heavy atom. The number of ether oxygens (including phenoxy) is 1. The van der Waals surface area contributed by atoms with E-state index < -0.39 is 5.97 Å². The van der Waals surface area contributed by atoms with Crippen molar-refractivity contribution < 1.29 is 18.7 Å². The molecule has 30 heavy (non-hydrogen) atoms. The van der Waals surface area contributed by atoms with E-state index in [1.807, 2.05) is 24.5 Å². The summed E-state index contributed by atoms with van der Waals surface area (Å²) >= 11 is 2.59. The van der Waals surface area contributed by atoms with E-state index in [0.717, 1.165) is 16.2 Å². The first-order valence-electron chi connectivity index (χ1n) is 9.23. The summed E-state index contributed by atoms with van der Waals surface area (Å²) in [5, 5.41) is 12.4. The molecule has 0 atom stereocenters. The molecule has 0 spiro atoms. The third kappa shape index (κ3) is 4.82. The molecule has 0 saturated heterocycles. The number of thiophene rings is 1. The van der Waals surface area contributed by atoms with Crippen LogP contribution in [-0.4, -0.2) is 39.0 Å². The van der Waals surface area contributed by atoms with Crippen molar-refractivity contribution >= 4 is 40.0 Å². The fourth-order valence-corrected chi connectivity index (χ4v) is 4.43. The lowest BCUT2D eigenvalue weighted by atomic mass is 10.2. The van der Waals surface area contributed by atoms with Crippen LogP contribution in [0.1, 0.15) is 27.9 Å². The quantitative estimate of drug-likeness (QED) is 0.297. The first-order chi connectivity index (χ1) is 14.4. The van der Waals surface area contributed by atoms with E-state index in [9.17, 15) is 9.59 Å². The Bertz CT molecular complexity index is 1070. The van der Waals surface area contributed by atoms with Crippen LogP contribution >= 0.6 is 23.1 Å². The molecule has 0 bridgehead atoms. The van der Waals surface area contributed by atoms with Crippen LogP contribution in [0.2, 0.25) is 0 Å². The van der Waals surface area contributed by atoms with E-state index in [4.69, 9.17) is 9.15 Å². The SMILES string of the molecule is C=CCn1c(SCC(=O)Nc2sc(C)cc2C(=O)OCC)nnc1-c1ccoc1C. The smallest absolute Gasteiger partial charge is 0.341 e. The predicted octanol–water partition coefficient (Wildman–Crippen LogP) is 4.31. The normalized spacial score (nSPS) is 10.8. The number of anilines is 1. The van der Waals surface area contributed by atoms with Crippen molar-refractivity contribution in [2.24, 2.45) is 0 Å². The fraction of sp³-hybridized carbons (Fsp3) is 0.300. The number of furan rings is 1. The molecule has 0 fully saturated rings. The van der Waals surface area contributed by atoms with E-state index in [0.29, 0.717) is 28.1 Å². The lowest BCUT2D eigenvalue weighted by molar-refractivity contribution is -0.113. The summed E-state index contributed by atoms with van der Waals surface area (Å²) in [7, 11) is 0. The first-order valence-corrected chi connectivity index (χ1v) is 11.0. The largest absolute Gasteiger partial charge is 0.469 e. The van der Waals surface area contributed by atoms with E-state index in [2.05, 4.69) is 22.1 Å². The summed E-state index contributed by atoms with van der Waals surface area (Å²) in [6.07, 6.45) is 3.34. The standard InChI is InChI=1S/C20H22N4O4S2/c1-5-8-24-17(14-7-9-28-13(14)4)22-23-20(24)29-11-16(25)21-18-15(10-12(3)30-18)19(26)27-6-2/h5,7,9-10H,1,6,8,11H2,2-4H3,(H,21,25). The molecule has 0 aromatic carbocycles. The molecule has 3 heterocycles. The second kappa shape index (κ2) is 9.77. The van der Waals surface area contributed by atoms with Crippen LogP contribution in [0.4, 0.5) is 5.00 Å². The minimum absolute atomic E-state index is 0.110. The number of thioether (sulfide) groups is 1. The van der Waals surface area contributed by atoms with Gasteiger partial charge in [-0.3, -0.25) is 9.36 Å². The van der Waals surface area contributed by atoms with Crippen molar-refractivity contribution in [3.05, 3.63) is 47.3 Å². The molecule has 3 aromatic rings. The Morgan fingerprint density at radius 1 is 1.40 bits per heavy atom. The molecule has 0 aliphatic rings. The van der Waals surface area contributed by atoms with Gasteiger partial charge in [-0.1, -0.05) is 17.8 Å². The number of hydrogen-bond donors (Lipinski definition) is 1. The van der Waals surface area contributed by atoms with Crippen molar-refractivity contribution in [2.45, 2.75) is 32.5 Å². The van der Waals surface area contributed by atoms with Crippen LogP contribution in [0.15, 0.2) is 40.6 Å². The molecule has 1 N–H and O–H groups in total. The van der Waals surface area contributed by atoms with Crippen LogP contribution < -0.4 is 5.32 Å². The monoisotopic (exact) mass is 446 g/mol. The highest BCUT2D eigenvalue weighted by atomic mass is 32.2. The van der Waals surface area contributed by atoms with Crippen LogP contribution in [0.3, 0.4) is 0 Å². The molecule has 0 aliphatic heterocycles. The van der Waals surface area contributed by atoms with Gasteiger partial charge in [0.05, 0.1) is 29.7 Å². The summed E-state index contributed by atoms with van der Waals surface area (Å²) in [6.45, 7) is 10.0. The van der Waals surface area contributed by atoms with E-state index in [1.165, 1.54) is 23.1 Å². The van der Waals surface area contributed by atoms with Gasteiger partial charge >= 0.3 is 5.97 Å². The van der Waals surface area contributed by atoms with Gasteiger partial charge in [-0.05, 0) is 32.9 Å². The Balaban J connectivity index is 1.71. The fourth-order valence-electron chi connectivity index (χ4n) is 2.77. The number of allylic oxidation sites excluding steroid dienone is 1. The van der Waals surface area contributed by atoms with Gasteiger partial charge in [0, 0.05) is 11.4 Å². The predicted molar refractivity (Wildman–Crippen MR) is 117 cm³/mol. The average Bonchev–Trinajstić information content (AvgIpc) is 3.39. The van der Waals surface area contributed by atoms with Gasteiger partial charge in [-0.15, -0.1) is 28.1 Å². The lowest BCUT2D eigenvalue weighted by Gasteiger charge is -2.08. The van der Waals surface area contributed by atoms with Crippen molar-refractivity contribution in [3.63, 3.8) is 0 Å². The molecule has 1 amide bonds. The topological polar surface area (TPSA) is 99.2 Å². The Labute approximate surface area is 182 Å². The Hall–Kier alpha value is -2.85. The highest BCUT2D eigenvalue weighted by Crippen LogP contribution is 2.30. The van der Waals surface area contributed by atoms with Gasteiger partial charge in [0.15, 0.2) is 11.0 Å². The average molecular weight is 447 g/mol. The van der Waals surface area contributed by atoms with Crippen LogP contribution in [0.25, 0.3) is 11.4 Å². The lowest BCUT2D eigenvalue weighted by Crippen LogP contribution is -2.16. The molecule has 8 nitrogen and oxygen atoms in total. The second-order valence-electron chi connectivity index (χ2n) is 6.25. The maximum Gasteiger partial charge on any atom is 0.341 e. The van der Waals surface area contributed by atoms with Crippen molar-refractivity contribution in [2.75, 3.05) is 17.7 Å². The Morgan fingerprint density at radius 3 is 2.87 bits per heavy atom. The highest BCUT2D eigenvalue weighted by Gasteiger charge is 2.20. The molecule has 3 rings (SSSR count). The van der Waals surface area contributed by atoms with Gasteiger partial charge in [0.1, 0.15) is 10.8 Å². The number of hydrogen-bond acceptors (Lipinski definition) is 8. The molecule has 10 heteroatoms. The van der Waals surface area contributed by atoms with Crippen LogP contribution in [0, 0.1) is 13.8 Å². The number of rotatable bonds is 9. The van der Waals surface area contributed by atoms with Gasteiger partial charge < -0.3 is 14.5 Å². The molecule has 0 unspecified atom stereocenters. The summed E-state index contributed by atoms with van der Waals surface area (Å²) in [6, 6.07) is 3.54. The van der Waals surface area contributed by atoms with Gasteiger partial charge in [0.25, 0.3) is 0 Å². The molecule has 0 radical (unpaired) electrons. The maximum absolute atomic E-state index is 12.5. The highest BCUT2D eigenvalue weighted by molar-refractivity contribution is 7.99. The van der Waals surface area contributed by atoms with Crippen molar-refractivity contribution in [1.29, 1.82) is 0 Å². The second-order valence-corrected chi connectivity index (χ2v) is 8.45. The van der Waals surface area contributed by atoms with Crippen molar-refractivity contribution in [1.82, 2.24) is 14.8 Å². The number of amides is 1. The summed E-state index contributed by atoms with van der Waals surface area (Å²) < 4.78 is 12.3. The molecular weight excluding hydrogens is 424 g/mol. The third-order valence-corrected chi connectivity index (χ3v) is 6.00. The minimum atomic E-state index is -0.448. The zero-order chi connectivity index (χ0) is 21.7. The number of aryl methyl sites for hydroxylation is 2. The molecule has 0 saturated carbocycles. The molecular formula is C20H22N4O4S2. The maximum atomic E-state index is 12.5. The van der Waals surface area contributed by atoms with E-state index in [-0.39, 0.29) is 18.3 Å². The first kappa shape index (κ1) is 21.8. The Kier molecular flexibility index (Phi) is 7.11.